The molecular weight excluding hydrogens is 388 g/mol. The molecule has 1 heterocycles. The lowest BCUT2D eigenvalue weighted by atomic mass is 10.1. The molecular formula is C22H20N2O4S. The zero-order valence-corrected chi connectivity index (χ0v) is 16.8. The Labute approximate surface area is 172 Å². The van der Waals surface area contributed by atoms with Crippen molar-refractivity contribution >= 4 is 34.8 Å². The number of rotatable bonds is 6. The van der Waals surface area contributed by atoms with Gasteiger partial charge in [0, 0.05) is 12.1 Å². The number of esters is 1. The van der Waals surface area contributed by atoms with Crippen molar-refractivity contribution in [1.82, 2.24) is 5.32 Å². The normalized spacial score (nSPS) is 10.3. The first kappa shape index (κ1) is 20.3. The maximum absolute atomic E-state index is 12.6. The van der Waals surface area contributed by atoms with Crippen molar-refractivity contribution in [2.75, 3.05) is 12.4 Å². The van der Waals surface area contributed by atoms with E-state index in [4.69, 9.17) is 4.74 Å². The number of hydrogen-bond donors (Lipinski definition) is 2. The van der Waals surface area contributed by atoms with Gasteiger partial charge in [0.25, 0.3) is 11.8 Å². The fourth-order valence-corrected chi connectivity index (χ4v) is 3.39. The highest BCUT2D eigenvalue weighted by atomic mass is 32.1. The van der Waals surface area contributed by atoms with E-state index in [2.05, 4.69) is 10.6 Å². The number of hydrogen-bond acceptors (Lipinski definition) is 5. The molecule has 0 atom stereocenters. The Morgan fingerprint density at radius 2 is 1.72 bits per heavy atom. The zero-order chi connectivity index (χ0) is 20.8. The van der Waals surface area contributed by atoms with Crippen LogP contribution in [0, 0.1) is 6.92 Å². The van der Waals surface area contributed by atoms with E-state index in [1.807, 2.05) is 11.4 Å². The van der Waals surface area contributed by atoms with Gasteiger partial charge in [-0.05, 0) is 47.7 Å². The minimum atomic E-state index is -0.513. The second kappa shape index (κ2) is 9.16. The summed E-state index contributed by atoms with van der Waals surface area (Å²) >= 11 is 1.38. The van der Waals surface area contributed by atoms with Gasteiger partial charge in [0.1, 0.15) is 0 Å². The lowest BCUT2D eigenvalue weighted by Crippen LogP contribution is -2.21. The average molecular weight is 408 g/mol. The molecule has 2 aromatic carbocycles. The van der Waals surface area contributed by atoms with E-state index in [1.54, 1.807) is 55.5 Å². The van der Waals surface area contributed by atoms with Crippen molar-refractivity contribution in [2.45, 2.75) is 13.5 Å². The number of anilines is 1. The number of ether oxygens (including phenoxy) is 1. The molecule has 0 aliphatic heterocycles. The van der Waals surface area contributed by atoms with E-state index < -0.39 is 5.97 Å². The summed E-state index contributed by atoms with van der Waals surface area (Å²) in [7, 11) is 1.30. The van der Waals surface area contributed by atoms with Crippen LogP contribution in [0.1, 0.15) is 41.5 Å². The maximum atomic E-state index is 12.6. The molecule has 6 nitrogen and oxygen atoms in total. The minimum absolute atomic E-state index is 0.128. The molecule has 3 aromatic rings. The molecule has 7 heteroatoms. The number of thiophene rings is 1. The van der Waals surface area contributed by atoms with Gasteiger partial charge in [-0.25, -0.2) is 4.79 Å². The standard InChI is InChI=1S/C22H20N2O4S/c1-14-5-3-6-17(22(27)28-2)19(14)24-20(25)16-10-8-15(9-11-16)13-23-21(26)18-7-4-12-29-18/h3-12H,13H2,1-2H3,(H,23,26)(H,24,25). The Hall–Kier alpha value is -3.45. The Kier molecular flexibility index (Phi) is 6.41. The maximum Gasteiger partial charge on any atom is 0.339 e. The summed E-state index contributed by atoms with van der Waals surface area (Å²) in [6.07, 6.45) is 0. The van der Waals surface area contributed by atoms with E-state index in [0.29, 0.717) is 28.2 Å². The number of methoxy groups -OCH3 is 1. The van der Waals surface area contributed by atoms with Gasteiger partial charge >= 0.3 is 5.97 Å². The van der Waals surface area contributed by atoms with Crippen LogP contribution in [0.2, 0.25) is 0 Å². The Bertz CT molecular complexity index is 1030. The summed E-state index contributed by atoms with van der Waals surface area (Å²) < 4.78 is 4.78. The SMILES string of the molecule is COC(=O)c1cccc(C)c1NC(=O)c1ccc(CNC(=O)c2cccs2)cc1. The monoisotopic (exact) mass is 408 g/mol. The van der Waals surface area contributed by atoms with E-state index in [9.17, 15) is 14.4 Å². The van der Waals surface area contributed by atoms with Crippen molar-refractivity contribution < 1.29 is 19.1 Å². The Morgan fingerprint density at radius 1 is 0.966 bits per heavy atom. The molecule has 0 saturated carbocycles. The molecule has 0 spiro atoms. The predicted octanol–water partition coefficient (Wildman–Crippen LogP) is 4.03. The van der Waals surface area contributed by atoms with Gasteiger partial charge in [0.2, 0.25) is 0 Å². The fraction of sp³-hybridized carbons (Fsp3) is 0.136. The first-order valence-corrected chi connectivity index (χ1v) is 9.77. The van der Waals surface area contributed by atoms with E-state index >= 15 is 0 Å². The van der Waals surface area contributed by atoms with Gasteiger partial charge in [-0.2, -0.15) is 0 Å². The van der Waals surface area contributed by atoms with Gasteiger partial charge in [-0.15, -0.1) is 11.3 Å². The van der Waals surface area contributed by atoms with Gasteiger partial charge in [-0.1, -0.05) is 30.3 Å². The van der Waals surface area contributed by atoms with Crippen LogP contribution in [0.4, 0.5) is 5.69 Å². The molecule has 0 bridgehead atoms. The molecule has 2 amide bonds. The third kappa shape index (κ3) is 4.89. The molecule has 0 aliphatic rings. The summed E-state index contributed by atoms with van der Waals surface area (Å²) in [5.74, 6) is -0.976. The van der Waals surface area contributed by atoms with E-state index in [-0.39, 0.29) is 11.8 Å². The quantitative estimate of drug-likeness (QED) is 0.603. The van der Waals surface area contributed by atoms with Gasteiger partial charge in [-0.3, -0.25) is 9.59 Å². The number of benzene rings is 2. The van der Waals surface area contributed by atoms with Crippen LogP contribution in [-0.4, -0.2) is 24.9 Å². The number of amides is 2. The van der Waals surface area contributed by atoms with Gasteiger partial charge in [0.05, 0.1) is 23.2 Å². The molecule has 3 rings (SSSR count). The topological polar surface area (TPSA) is 84.5 Å². The molecule has 29 heavy (non-hydrogen) atoms. The van der Waals surface area contributed by atoms with Crippen molar-refractivity contribution in [3.05, 3.63) is 87.1 Å². The van der Waals surface area contributed by atoms with Crippen LogP contribution >= 0.6 is 11.3 Å². The van der Waals surface area contributed by atoms with Crippen LogP contribution in [-0.2, 0) is 11.3 Å². The second-order valence-electron chi connectivity index (χ2n) is 6.30. The third-order valence-corrected chi connectivity index (χ3v) is 5.20. The number of carbonyl (C=O) groups excluding carboxylic acids is 3. The van der Waals surface area contributed by atoms with Crippen molar-refractivity contribution in [3.8, 4) is 0 Å². The molecule has 0 radical (unpaired) electrons. The molecule has 0 fully saturated rings. The number of nitrogens with one attached hydrogen (secondary N) is 2. The lowest BCUT2D eigenvalue weighted by molar-refractivity contribution is 0.0601. The van der Waals surface area contributed by atoms with Crippen molar-refractivity contribution in [2.24, 2.45) is 0 Å². The highest BCUT2D eigenvalue weighted by Gasteiger charge is 2.16. The van der Waals surface area contributed by atoms with Crippen LogP contribution in [0.3, 0.4) is 0 Å². The van der Waals surface area contributed by atoms with E-state index in [1.165, 1.54) is 18.4 Å². The van der Waals surface area contributed by atoms with Crippen LogP contribution < -0.4 is 10.6 Å². The first-order chi connectivity index (χ1) is 14.0. The largest absolute Gasteiger partial charge is 0.465 e. The molecule has 2 N–H and O–H groups in total. The van der Waals surface area contributed by atoms with Crippen molar-refractivity contribution in [1.29, 1.82) is 0 Å². The highest BCUT2D eigenvalue weighted by molar-refractivity contribution is 7.12. The minimum Gasteiger partial charge on any atom is -0.465 e. The lowest BCUT2D eigenvalue weighted by Gasteiger charge is -2.13. The second-order valence-corrected chi connectivity index (χ2v) is 7.25. The molecule has 0 aliphatic carbocycles. The van der Waals surface area contributed by atoms with Gasteiger partial charge in [0.15, 0.2) is 0 Å². The highest BCUT2D eigenvalue weighted by Crippen LogP contribution is 2.22. The molecule has 1 aromatic heterocycles. The molecule has 148 valence electrons. The van der Waals surface area contributed by atoms with Crippen LogP contribution in [0.15, 0.2) is 60.0 Å². The summed E-state index contributed by atoms with van der Waals surface area (Å²) in [5.41, 5.74) is 2.80. The van der Waals surface area contributed by atoms with Crippen molar-refractivity contribution in [3.63, 3.8) is 0 Å². The number of aryl methyl sites for hydroxylation is 1. The van der Waals surface area contributed by atoms with Gasteiger partial charge < -0.3 is 15.4 Å². The van der Waals surface area contributed by atoms with E-state index in [0.717, 1.165) is 11.1 Å². The predicted molar refractivity (Wildman–Crippen MR) is 112 cm³/mol. The molecule has 0 saturated heterocycles. The Balaban J connectivity index is 1.67. The number of para-hydroxylation sites is 1. The third-order valence-electron chi connectivity index (χ3n) is 4.33. The zero-order valence-electron chi connectivity index (χ0n) is 16.0. The first-order valence-electron chi connectivity index (χ1n) is 8.89. The summed E-state index contributed by atoms with van der Waals surface area (Å²) in [5, 5.41) is 7.48. The average Bonchev–Trinajstić information content (AvgIpc) is 3.28. The fourth-order valence-electron chi connectivity index (χ4n) is 2.75. The summed E-state index contributed by atoms with van der Waals surface area (Å²) in [6, 6.07) is 15.7. The van der Waals surface area contributed by atoms with Crippen LogP contribution in [0.5, 0.6) is 0 Å². The Morgan fingerprint density at radius 3 is 2.38 bits per heavy atom. The summed E-state index contributed by atoms with van der Waals surface area (Å²) in [6.45, 7) is 2.17. The summed E-state index contributed by atoms with van der Waals surface area (Å²) in [4.78, 5) is 37.2. The number of carbonyl (C=O) groups is 3. The molecule has 0 unspecified atom stereocenters. The smallest absolute Gasteiger partial charge is 0.339 e. The van der Waals surface area contributed by atoms with Crippen LogP contribution in [0.25, 0.3) is 0 Å².